The summed E-state index contributed by atoms with van der Waals surface area (Å²) in [4.78, 5) is 27.1. The van der Waals surface area contributed by atoms with Crippen LogP contribution in [0.4, 0.5) is 14.5 Å². The molecule has 3 aromatic rings. The maximum Gasteiger partial charge on any atom is 0.270 e. The van der Waals surface area contributed by atoms with Crippen molar-refractivity contribution in [3.8, 4) is 0 Å². The Kier molecular flexibility index (Phi) is 5.19. The topological polar surface area (TPSA) is 117 Å². The minimum absolute atomic E-state index is 0.0441. The maximum absolute atomic E-state index is 14.0. The highest BCUT2D eigenvalue weighted by Crippen LogP contribution is 2.26. The van der Waals surface area contributed by atoms with Crippen LogP contribution in [0.5, 0.6) is 0 Å². The van der Waals surface area contributed by atoms with Gasteiger partial charge in [0.2, 0.25) is 10.0 Å². The normalized spacial score (nSPS) is 15.4. The molecule has 4 rings (SSSR count). The van der Waals surface area contributed by atoms with E-state index in [-0.39, 0.29) is 37.4 Å². The molecule has 0 spiro atoms. The van der Waals surface area contributed by atoms with E-state index < -0.39 is 37.4 Å². The first-order chi connectivity index (χ1) is 14.7. The fraction of sp³-hybridized carbons (Fsp3) is 0.211. The highest BCUT2D eigenvalue weighted by atomic mass is 32.2. The molecule has 0 unspecified atom stereocenters. The molecule has 1 aliphatic heterocycles. The van der Waals surface area contributed by atoms with Gasteiger partial charge in [0.1, 0.15) is 16.5 Å². The van der Waals surface area contributed by atoms with Gasteiger partial charge >= 0.3 is 0 Å². The van der Waals surface area contributed by atoms with Crippen molar-refractivity contribution in [1.29, 1.82) is 0 Å². The van der Waals surface area contributed by atoms with Gasteiger partial charge in [-0.1, -0.05) is 0 Å². The summed E-state index contributed by atoms with van der Waals surface area (Å²) in [6, 6.07) is 6.37. The lowest BCUT2D eigenvalue weighted by Crippen LogP contribution is -2.50. The number of nitrogens with one attached hydrogen (secondary N) is 1. The van der Waals surface area contributed by atoms with Crippen LogP contribution in [0.3, 0.4) is 0 Å². The van der Waals surface area contributed by atoms with Crippen LogP contribution < -0.4 is 0 Å². The molecule has 162 valence electrons. The van der Waals surface area contributed by atoms with Crippen molar-refractivity contribution < 1.29 is 26.9 Å². The van der Waals surface area contributed by atoms with Gasteiger partial charge in [-0.25, -0.2) is 17.2 Å². The Morgan fingerprint density at radius 1 is 1.06 bits per heavy atom. The van der Waals surface area contributed by atoms with E-state index in [9.17, 15) is 32.1 Å². The van der Waals surface area contributed by atoms with Crippen LogP contribution in [0.25, 0.3) is 10.9 Å². The number of nitro benzene ring substituents is 1. The molecular weight excluding hydrogens is 434 g/mol. The number of aromatic nitrogens is 1. The Morgan fingerprint density at radius 2 is 1.77 bits per heavy atom. The van der Waals surface area contributed by atoms with E-state index in [1.165, 1.54) is 29.3 Å². The zero-order valence-electron chi connectivity index (χ0n) is 15.9. The van der Waals surface area contributed by atoms with Gasteiger partial charge in [-0.3, -0.25) is 14.9 Å². The second-order valence-electron chi connectivity index (χ2n) is 6.96. The predicted octanol–water partition coefficient (Wildman–Crippen LogP) is 2.50. The fourth-order valence-corrected chi connectivity index (χ4v) is 4.99. The highest BCUT2D eigenvalue weighted by molar-refractivity contribution is 7.89. The van der Waals surface area contributed by atoms with Gasteiger partial charge in [-0.05, 0) is 18.2 Å². The Bertz CT molecular complexity index is 1300. The van der Waals surface area contributed by atoms with Crippen LogP contribution in [0.15, 0.2) is 47.5 Å². The van der Waals surface area contributed by atoms with Crippen LogP contribution in [-0.4, -0.2) is 59.6 Å². The molecule has 1 amide bonds. The van der Waals surface area contributed by atoms with Gasteiger partial charge in [0.15, 0.2) is 0 Å². The third-order valence-corrected chi connectivity index (χ3v) is 7.08. The van der Waals surface area contributed by atoms with E-state index >= 15 is 0 Å². The molecule has 0 bridgehead atoms. The van der Waals surface area contributed by atoms with Gasteiger partial charge in [0.25, 0.3) is 11.6 Å². The first-order valence-electron chi connectivity index (χ1n) is 9.18. The van der Waals surface area contributed by atoms with E-state index in [4.69, 9.17) is 0 Å². The van der Waals surface area contributed by atoms with Crippen molar-refractivity contribution in [2.24, 2.45) is 0 Å². The molecule has 0 radical (unpaired) electrons. The summed E-state index contributed by atoms with van der Waals surface area (Å²) in [7, 11) is -4.19. The van der Waals surface area contributed by atoms with Crippen molar-refractivity contribution in [3.05, 3.63) is 69.9 Å². The van der Waals surface area contributed by atoms with Crippen molar-refractivity contribution in [2.75, 3.05) is 26.2 Å². The SMILES string of the molecule is O=C(c1c[nH]c2ccc([N+](=O)[O-])cc12)N1CCN(S(=O)(=O)c2ccc(F)cc2F)CC1. The number of fused-ring (bicyclic) bond motifs is 1. The Balaban J connectivity index is 1.52. The zero-order valence-corrected chi connectivity index (χ0v) is 16.7. The first kappa shape index (κ1) is 20.9. The third kappa shape index (κ3) is 3.75. The van der Waals surface area contributed by atoms with E-state index in [0.29, 0.717) is 17.0 Å². The van der Waals surface area contributed by atoms with Crippen LogP contribution >= 0.6 is 0 Å². The number of amides is 1. The number of non-ortho nitro benzene ring substituents is 1. The van der Waals surface area contributed by atoms with Crippen LogP contribution in [0.1, 0.15) is 10.4 Å². The Labute approximate surface area is 175 Å². The summed E-state index contributed by atoms with van der Waals surface area (Å²) in [6.45, 7) is -0.0637. The minimum atomic E-state index is -4.19. The minimum Gasteiger partial charge on any atom is -0.360 e. The number of benzene rings is 2. The Morgan fingerprint density at radius 3 is 2.42 bits per heavy atom. The van der Waals surface area contributed by atoms with E-state index in [1.54, 1.807) is 0 Å². The van der Waals surface area contributed by atoms with E-state index in [2.05, 4.69) is 4.98 Å². The molecule has 1 fully saturated rings. The number of carbonyl (C=O) groups is 1. The van der Waals surface area contributed by atoms with Crippen LogP contribution in [0, 0.1) is 21.7 Å². The average Bonchev–Trinajstić information content (AvgIpc) is 3.16. The molecule has 2 heterocycles. The number of rotatable bonds is 4. The predicted molar refractivity (Wildman–Crippen MR) is 106 cm³/mol. The quantitative estimate of drug-likeness (QED) is 0.484. The molecule has 9 nitrogen and oxygen atoms in total. The summed E-state index contributed by atoms with van der Waals surface area (Å²) in [5.74, 6) is -2.47. The Hall–Kier alpha value is -3.38. The van der Waals surface area contributed by atoms with Crippen LogP contribution in [0.2, 0.25) is 0 Å². The summed E-state index contributed by atoms with van der Waals surface area (Å²) >= 11 is 0. The number of nitrogens with zero attached hydrogens (tertiary/aromatic N) is 3. The summed E-state index contributed by atoms with van der Waals surface area (Å²) < 4.78 is 53.5. The number of H-pyrrole nitrogens is 1. The second-order valence-corrected chi connectivity index (χ2v) is 8.87. The van der Waals surface area contributed by atoms with E-state index in [1.807, 2.05) is 0 Å². The molecule has 12 heteroatoms. The second kappa shape index (κ2) is 7.71. The molecule has 1 aliphatic rings. The molecule has 1 saturated heterocycles. The van der Waals surface area contributed by atoms with E-state index in [0.717, 1.165) is 16.4 Å². The lowest BCUT2D eigenvalue weighted by atomic mass is 10.1. The van der Waals surface area contributed by atoms with Gasteiger partial charge < -0.3 is 9.88 Å². The number of hydrogen-bond acceptors (Lipinski definition) is 5. The van der Waals surface area contributed by atoms with Crippen molar-refractivity contribution in [2.45, 2.75) is 4.90 Å². The molecule has 1 N–H and O–H groups in total. The molecule has 0 atom stereocenters. The molecule has 2 aromatic carbocycles. The van der Waals surface area contributed by atoms with Gasteiger partial charge in [-0.15, -0.1) is 0 Å². The summed E-state index contributed by atoms with van der Waals surface area (Å²) in [6.07, 6.45) is 1.45. The fourth-order valence-electron chi connectivity index (χ4n) is 3.52. The summed E-state index contributed by atoms with van der Waals surface area (Å²) in [5, 5.41) is 11.4. The van der Waals surface area contributed by atoms with Crippen molar-refractivity contribution >= 4 is 32.5 Å². The lowest BCUT2D eigenvalue weighted by molar-refractivity contribution is -0.384. The standard InChI is InChI=1S/C19H16F2N4O5S/c20-12-1-4-18(16(21)9-12)31(29,30)24-7-5-23(6-8-24)19(26)15-11-22-17-3-2-13(25(27)28)10-14(15)17/h1-4,9-11,22H,5-8H2. The van der Waals surface area contributed by atoms with Gasteiger partial charge in [0, 0.05) is 61.5 Å². The first-order valence-corrected chi connectivity index (χ1v) is 10.6. The van der Waals surface area contributed by atoms with Crippen molar-refractivity contribution in [1.82, 2.24) is 14.2 Å². The van der Waals surface area contributed by atoms with Gasteiger partial charge in [-0.2, -0.15) is 4.31 Å². The number of carbonyl (C=O) groups excluding carboxylic acids is 1. The number of nitro groups is 1. The zero-order chi connectivity index (χ0) is 22.3. The highest BCUT2D eigenvalue weighted by Gasteiger charge is 2.33. The average molecular weight is 450 g/mol. The molecule has 1 aromatic heterocycles. The number of sulfonamides is 1. The molecule has 31 heavy (non-hydrogen) atoms. The van der Waals surface area contributed by atoms with Crippen LogP contribution in [-0.2, 0) is 10.0 Å². The maximum atomic E-state index is 14.0. The molecular formula is C19H16F2N4O5S. The largest absolute Gasteiger partial charge is 0.360 e. The monoisotopic (exact) mass is 450 g/mol. The van der Waals surface area contributed by atoms with Gasteiger partial charge in [0.05, 0.1) is 10.5 Å². The third-order valence-electron chi connectivity index (χ3n) is 5.14. The summed E-state index contributed by atoms with van der Waals surface area (Å²) in [5.41, 5.74) is 0.639. The molecule has 0 saturated carbocycles. The molecule has 0 aliphatic carbocycles. The lowest BCUT2D eigenvalue weighted by Gasteiger charge is -2.34. The number of aromatic amines is 1. The smallest absolute Gasteiger partial charge is 0.270 e. The number of piperazine rings is 1. The number of halogens is 2. The van der Waals surface area contributed by atoms with Crippen molar-refractivity contribution in [3.63, 3.8) is 0 Å². The number of hydrogen-bond donors (Lipinski definition) is 1.